The Morgan fingerprint density at radius 3 is 2.67 bits per heavy atom. The van der Waals surface area contributed by atoms with Gasteiger partial charge in [0, 0.05) is 37.3 Å². The molecule has 3 aromatic rings. The standard InChI is InChI=1S/C26H28N2O2/c29-26(14-7-10-23-9-4-5-16-27-23)22-15-17-28(20-22)19-21-8-6-13-25(18-21)30-24-11-2-1-3-12-24/h1-6,8-9,11-13,16,18,22H,7,10,14-15,17,19-20H2. The summed E-state index contributed by atoms with van der Waals surface area (Å²) >= 11 is 0. The number of aryl methyl sites for hydroxylation is 1. The van der Waals surface area contributed by atoms with Crippen molar-refractivity contribution in [3.05, 3.63) is 90.3 Å². The number of likely N-dealkylation sites (tertiary alicyclic amines) is 1. The quantitative estimate of drug-likeness (QED) is 0.490. The molecule has 30 heavy (non-hydrogen) atoms. The van der Waals surface area contributed by atoms with Crippen molar-refractivity contribution in [3.8, 4) is 11.5 Å². The zero-order chi connectivity index (χ0) is 20.6. The highest BCUT2D eigenvalue weighted by Crippen LogP contribution is 2.25. The van der Waals surface area contributed by atoms with Crippen LogP contribution in [0, 0.1) is 5.92 Å². The number of Topliss-reactive ketones (excluding diaryl/α,β-unsaturated/α-hetero) is 1. The molecule has 1 aliphatic heterocycles. The zero-order valence-corrected chi connectivity index (χ0v) is 17.2. The van der Waals surface area contributed by atoms with Gasteiger partial charge in [-0.05, 0) is 67.8 Å². The fourth-order valence-electron chi connectivity index (χ4n) is 4.02. The second kappa shape index (κ2) is 10.2. The van der Waals surface area contributed by atoms with Gasteiger partial charge < -0.3 is 4.74 Å². The molecule has 0 N–H and O–H groups in total. The minimum Gasteiger partial charge on any atom is -0.457 e. The summed E-state index contributed by atoms with van der Waals surface area (Å²) in [5, 5.41) is 0. The highest BCUT2D eigenvalue weighted by Gasteiger charge is 2.27. The molecule has 0 amide bonds. The van der Waals surface area contributed by atoms with Gasteiger partial charge in [0.1, 0.15) is 17.3 Å². The monoisotopic (exact) mass is 400 g/mol. The summed E-state index contributed by atoms with van der Waals surface area (Å²) in [4.78, 5) is 19.3. The summed E-state index contributed by atoms with van der Waals surface area (Å²) in [6, 6.07) is 24.0. The first-order chi connectivity index (χ1) is 14.8. The number of rotatable bonds is 9. The van der Waals surface area contributed by atoms with E-state index in [0.717, 1.165) is 56.1 Å². The van der Waals surface area contributed by atoms with Crippen LogP contribution in [-0.2, 0) is 17.8 Å². The van der Waals surface area contributed by atoms with E-state index >= 15 is 0 Å². The van der Waals surface area contributed by atoms with Crippen molar-refractivity contribution in [3.63, 3.8) is 0 Å². The van der Waals surface area contributed by atoms with E-state index in [2.05, 4.69) is 22.0 Å². The molecule has 4 nitrogen and oxygen atoms in total. The normalized spacial score (nSPS) is 16.5. The van der Waals surface area contributed by atoms with Crippen molar-refractivity contribution >= 4 is 5.78 Å². The predicted molar refractivity (Wildman–Crippen MR) is 119 cm³/mol. The average molecular weight is 401 g/mol. The Bertz CT molecular complexity index is 944. The van der Waals surface area contributed by atoms with Gasteiger partial charge >= 0.3 is 0 Å². The molecular formula is C26H28N2O2. The third kappa shape index (κ3) is 5.77. The predicted octanol–water partition coefficient (Wildman–Crippen LogP) is 5.29. The lowest BCUT2D eigenvalue weighted by atomic mass is 9.98. The molecule has 0 spiro atoms. The molecule has 1 saturated heterocycles. The van der Waals surface area contributed by atoms with Crippen molar-refractivity contribution < 1.29 is 9.53 Å². The summed E-state index contributed by atoms with van der Waals surface area (Å²) < 4.78 is 5.95. The van der Waals surface area contributed by atoms with E-state index in [-0.39, 0.29) is 5.92 Å². The number of hydrogen-bond donors (Lipinski definition) is 0. The van der Waals surface area contributed by atoms with Crippen LogP contribution in [-0.4, -0.2) is 28.8 Å². The van der Waals surface area contributed by atoms with Crippen LogP contribution < -0.4 is 4.74 Å². The number of hydrogen-bond acceptors (Lipinski definition) is 4. The number of pyridine rings is 1. The average Bonchev–Trinajstić information content (AvgIpc) is 3.24. The van der Waals surface area contributed by atoms with Crippen molar-refractivity contribution in [2.45, 2.75) is 32.2 Å². The highest BCUT2D eigenvalue weighted by atomic mass is 16.5. The van der Waals surface area contributed by atoms with E-state index < -0.39 is 0 Å². The first-order valence-electron chi connectivity index (χ1n) is 10.7. The van der Waals surface area contributed by atoms with Crippen LogP contribution in [0.2, 0.25) is 0 Å². The van der Waals surface area contributed by atoms with Gasteiger partial charge in [-0.1, -0.05) is 36.4 Å². The third-order valence-electron chi connectivity index (χ3n) is 5.59. The second-order valence-corrected chi connectivity index (χ2v) is 7.92. The van der Waals surface area contributed by atoms with Gasteiger partial charge in [0.15, 0.2) is 0 Å². The van der Waals surface area contributed by atoms with Crippen LogP contribution in [0.4, 0.5) is 0 Å². The largest absolute Gasteiger partial charge is 0.457 e. The van der Waals surface area contributed by atoms with Crippen LogP contribution in [0.1, 0.15) is 30.5 Å². The third-order valence-corrected chi connectivity index (χ3v) is 5.59. The van der Waals surface area contributed by atoms with Gasteiger partial charge in [0.05, 0.1) is 0 Å². The molecule has 1 atom stereocenters. The summed E-state index contributed by atoms with van der Waals surface area (Å²) in [5.41, 5.74) is 2.28. The lowest BCUT2D eigenvalue weighted by Gasteiger charge is -2.16. The number of ether oxygens (including phenoxy) is 1. The molecule has 2 heterocycles. The lowest BCUT2D eigenvalue weighted by molar-refractivity contribution is -0.122. The molecule has 2 aromatic carbocycles. The van der Waals surface area contributed by atoms with Crippen molar-refractivity contribution in [1.82, 2.24) is 9.88 Å². The summed E-state index contributed by atoms with van der Waals surface area (Å²) in [6.07, 6.45) is 5.17. The van der Waals surface area contributed by atoms with Crippen molar-refractivity contribution in [1.29, 1.82) is 0 Å². The van der Waals surface area contributed by atoms with Gasteiger partial charge in [0.2, 0.25) is 0 Å². The molecule has 0 aliphatic carbocycles. The zero-order valence-electron chi connectivity index (χ0n) is 17.2. The number of nitrogens with zero attached hydrogens (tertiary/aromatic N) is 2. The first kappa shape index (κ1) is 20.3. The van der Waals surface area contributed by atoms with E-state index in [1.54, 1.807) is 0 Å². The van der Waals surface area contributed by atoms with Crippen LogP contribution in [0.3, 0.4) is 0 Å². The number of benzene rings is 2. The molecule has 0 saturated carbocycles. The fraction of sp³-hybridized carbons (Fsp3) is 0.308. The Hall–Kier alpha value is -2.98. The fourth-order valence-corrected chi connectivity index (χ4v) is 4.02. The molecule has 0 bridgehead atoms. The SMILES string of the molecule is O=C(CCCc1ccccn1)C1CCN(Cc2cccc(Oc3ccccc3)c2)C1. The van der Waals surface area contributed by atoms with Crippen LogP contribution in [0.5, 0.6) is 11.5 Å². The van der Waals surface area contributed by atoms with E-state index in [4.69, 9.17) is 4.74 Å². The molecule has 4 heteroatoms. The van der Waals surface area contributed by atoms with Gasteiger partial charge in [-0.3, -0.25) is 14.7 Å². The molecular weight excluding hydrogens is 372 g/mol. The Kier molecular flexibility index (Phi) is 6.88. The molecule has 1 aliphatic rings. The number of para-hydroxylation sites is 1. The minimum absolute atomic E-state index is 0.164. The molecule has 0 radical (unpaired) electrons. The van der Waals surface area contributed by atoms with Crippen molar-refractivity contribution in [2.24, 2.45) is 5.92 Å². The Morgan fingerprint density at radius 2 is 1.83 bits per heavy atom. The smallest absolute Gasteiger partial charge is 0.137 e. The van der Waals surface area contributed by atoms with E-state index in [9.17, 15) is 4.79 Å². The topological polar surface area (TPSA) is 42.4 Å². The Morgan fingerprint density at radius 1 is 1.00 bits per heavy atom. The lowest BCUT2D eigenvalue weighted by Crippen LogP contribution is -2.23. The second-order valence-electron chi connectivity index (χ2n) is 7.92. The van der Waals surface area contributed by atoms with E-state index in [0.29, 0.717) is 12.2 Å². The van der Waals surface area contributed by atoms with E-state index in [1.807, 2.05) is 66.9 Å². The number of ketones is 1. The summed E-state index contributed by atoms with van der Waals surface area (Å²) in [5.74, 6) is 2.25. The first-order valence-corrected chi connectivity index (χ1v) is 10.7. The van der Waals surface area contributed by atoms with Crippen LogP contribution in [0.15, 0.2) is 79.0 Å². The maximum absolute atomic E-state index is 12.6. The number of carbonyl (C=O) groups is 1. The maximum Gasteiger partial charge on any atom is 0.137 e. The van der Waals surface area contributed by atoms with Gasteiger partial charge in [0.25, 0.3) is 0 Å². The maximum atomic E-state index is 12.6. The van der Waals surface area contributed by atoms with Crippen LogP contribution in [0.25, 0.3) is 0 Å². The van der Waals surface area contributed by atoms with Gasteiger partial charge in [-0.25, -0.2) is 0 Å². The Labute approximate surface area is 178 Å². The summed E-state index contributed by atoms with van der Waals surface area (Å²) in [7, 11) is 0. The number of aromatic nitrogens is 1. The Balaban J connectivity index is 1.24. The highest BCUT2D eigenvalue weighted by molar-refractivity contribution is 5.81. The molecule has 1 aromatic heterocycles. The molecule has 154 valence electrons. The number of carbonyl (C=O) groups excluding carboxylic acids is 1. The van der Waals surface area contributed by atoms with Gasteiger partial charge in [-0.2, -0.15) is 0 Å². The molecule has 1 fully saturated rings. The molecule has 4 rings (SSSR count). The minimum atomic E-state index is 0.164. The van der Waals surface area contributed by atoms with Crippen LogP contribution >= 0.6 is 0 Å². The van der Waals surface area contributed by atoms with Gasteiger partial charge in [-0.15, -0.1) is 0 Å². The van der Waals surface area contributed by atoms with E-state index in [1.165, 1.54) is 5.56 Å². The summed E-state index contributed by atoms with van der Waals surface area (Å²) in [6.45, 7) is 2.68. The molecule has 1 unspecified atom stereocenters. The van der Waals surface area contributed by atoms with Crippen molar-refractivity contribution in [2.75, 3.05) is 13.1 Å².